The zero-order chi connectivity index (χ0) is 9.42. The molecule has 4 heteroatoms. The fourth-order valence-electron chi connectivity index (χ4n) is 1.25. The molecule has 0 aliphatic rings. The van der Waals surface area contributed by atoms with E-state index in [2.05, 4.69) is 0 Å². The number of hydrogen-bond donors (Lipinski definition) is 2. The number of benzene rings is 1. The van der Waals surface area contributed by atoms with Gasteiger partial charge in [-0.05, 0) is 17.5 Å². The van der Waals surface area contributed by atoms with Crippen LogP contribution in [0.5, 0.6) is 5.75 Å². The molecule has 0 unspecified atom stereocenters. The monoisotopic (exact) mass is 193 g/mol. The number of nitrogens with two attached hydrogens (primary N) is 1. The molecule has 0 fully saturated rings. The second-order valence-electron chi connectivity index (χ2n) is 2.68. The molecule has 13 heavy (non-hydrogen) atoms. The first-order valence-electron chi connectivity index (χ1n) is 3.68. The first kappa shape index (κ1) is 8.07. The molecule has 0 bridgehead atoms. The van der Waals surface area contributed by atoms with Gasteiger partial charge in [0.2, 0.25) is 0 Å². The lowest BCUT2D eigenvalue weighted by atomic mass is 10.1. The lowest BCUT2D eigenvalue weighted by Crippen LogP contribution is -1.92. The topological polar surface area (TPSA) is 63.3 Å². The van der Waals surface area contributed by atoms with E-state index in [-0.39, 0.29) is 5.75 Å². The number of aromatic hydroxyl groups is 1. The van der Waals surface area contributed by atoms with Gasteiger partial charge in [0.1, 0.15) is 5.75 Å². The highest BCUT2D eigenvalue weighted by Gasteiger charge is 2.09. The average Bonchev–Trinajstić information content (AvgIpc) is 2.60. The summed E-state index contributed by atoms with van der Waals surface area (Å²) in [6.45, 7) is 0. The Labute approximate surface area is 78.4 Å². The molecule has 0 aliphatic carbocycles. The second-order valence-corrected chi connectivity index (χ2v) is 3.60. The van der Waals surface area contributed by atoms with Crippen LogP contribution in [0.25, 0.3) is 10.1 Å². The Bertz CT molecular complexity index is 476. The summed E-state index contributed by atoms with van der Waals surface area (Å²) in [6.07, 6.45) is 0.647. The SMILES string of the molecule is Nc1c(C=O)cc(O)c2ccsc12. The van der Waals surface area contributed by atoms with Crippen molar-refractivity contribution in [3.05, 3.63) is 23.1 Å². The molecular weight excluding hydrogens is 186 g/mol. The summed E-state index contributed by atoms with van der Waals surface area (Å²) in [5.74, 6) is 0.104. The fraction of sp³-hybridized carbons (Fsp3) is 0. The van der Waals surface area contributed by atoms with Crippen molar-refractivity contribution in [1.82, 2.24) is 0 Å². The third kappa shape index (κ3) is 1.07. The molecule has 1 aromatic heterocycles. The molecule has 3 N–H and O–H groups in total. The maximum atomic E-state index is 10.6. The molecule has 0 saturated heterocycles. The number of nitrogen functional groups attached to an aromatic ring is 1. The summed E-state index contributed by atoms with van der Waals surface area (Å²) in [4.78, 5) is 10.6. The van der Waals surface area contributed by atoms with E-state index < -0.39 is 0 Å². The highest BCUT2D eigenvalue weighted by Crippen LogP contribution is 2.35. The van der Waals surface area contributed by atoms with Gasteiger partial charge >= 0.3 is 0 Å². The number of fused-ring (bicyclic) bond motifs is 1. The summed E-state index contributed by atoms with van der Waals surface area (Å²) in [5.41, 5.74) is 6.49. The van der Waals surface area contributed by atoms with Crippen molar-refractivity contribution in [2.24, 2.45) is 0 Å². The Kier molecular flexibility index (Phi) is 1.70. The number of rotatable bonds is 1. The maximum Gasteiger partial charge on any atom is 0.152 e. The van der Waals surface area contributed by atoms with E-state index in [1.807, 2.05) is 5.38 Å². The first-order chi connectivity index (χ1) is 6.24. The van der Waals surface area contributed by atoms with Gasteiger partial charge in [-0.15, -0.1) is 11.3 Å². The van der Waals surface area contributed by atoms with Crippen LogP contribution >= 0.6 is 11.3 Å². The van der Waals surface area contributed by atoms with Crippen LogP contribution in [0.1, 0.15) is 10.4 Å². The van der Waals surface area contributed by atoms with Crippen molar-refractivity contribution >= 4 is 33.4 Å². The van der Waals surface area contributed by atoms with Crippen molar-refractivity contribution in [1.29, 1.82) is 0 Å². The van der Waals surface area contributed by atoms with Gasteiger partial charge in [-0.25, -0.2) is 0 Å². The van der Waals surface area contributed by atoms with Crippen LogP contribution in [0, 0.1) is 0 Å². The van der Waals surface area contributed by atoms with Crippen molar-refractivity contribution in [2.75, 3.05) is 5.73 Å². The molecule has 0 aliphatic heterocycles. The molecule has 66 valence electrons. The Morgan fingerprint density at radius 3 is 3.00 bits per heavy atom. The summed E-state index contributed by atoms with van der Waals surface area (Å²) >= 11 is 1.41. The van der Waals surface area contributed by atoms with Crippen LogP contribution in [-0.2, 0) is 0 Å². The van der Waals surface area contributed by atoms with Crippen LogP contribution in [0.2, 0.25) is 0 Å². The Morgan fingerprint density at radius 2 is 2.31 bits per heavy atom. The van der Waals surface area contributed by atoms with Crippen molar-refractivity contribution in [3.63, 3.8) is 0 Å². The third-order valence-corrected chi connectivity index (χ3v) is 2.86. The van der Waals surface area contributed by atoms with E-state index in [0.717, 1.165) is 4.70 Å². The van der Waals surface area contributed by atoms with Crippen LogP contribution in [0.15, 0.2) is 17.5 Å². The van der Waals surface area contributed by atoms with Gasteiger partial charge in [0.05, 0.1) is 10.4 Å². The van der Waals surface area contributed by atoms with Crippen LogP contribution in [-0.4, -0.2) is 11.4 Å². The molecule has 0 radical (unpaired) electrons. The van der Waals surface area contributed by atoms with Crippen molar-refractivity contribution in [2.45, 2.75) is 0 Å². The van der Waals surface area contributed by atoms with E-state index in [9.17, 15) is 9.90 Å². The van der Waals surface area contributed by atoms with E-state index in [0.29, 0.717) is 22.9 Å². The van der Waals surface area contributed by atoms with Gasteiger partial charge in [-0.3, -0.25) is 4.79 Å². The van der Waals surface area contributed by atoms with Gasteiger partial charge in [-0.2, -0.15) is 0 Å². The first-order valence-corrected chi connectivity index (χ1v) is 4.56. The van der Waals surface area contributed by atoms with Crippen molar-refractivity contribution < 1.29 is 9.90 Å². The smallest absolute Gasteiger partial charge is 0.152 e. The predicted octanol–water partition coefficient (Wildman–Crippen LogP) is 2.00. The summed E-state index contributed by atoms with van der Waals surface area (Å²) in [5, 5.41) is 12.0. The van der Waals surface area contributed by atoms with E-state index in [1.54, 1.807) is 6.07 Å². The Balaban J connectivity index is 2.93. The molecular formula is C9H7NO2S. The molecule has 1 heterocycles. The van der Waals surface area contributed by atoms with Gasteiger partial charge in [0.25, 0.3) is 0 Å². The zero-order valence-electron chi connectivity index (χ0n) is 6.65. The fourth-order valence-corrected chi connectivity index (χ4v) is 2.14. The number of carbonyl (C=O) groups is 1. The molecule has 0 saturated carbocycles. The minimum Gasteiger partial charge on any atom is -0.507 e. The third-order valence-electron chi connectivity index (χ3n) is 1.92. The molecule has 2 rings (SSSR count). The number of thiophene rings is 1. The average molecular weight is 193 g/mol. The summed E-state index contributed by atoms with van der Waals surface area (Å²) in [7, 11) is 0. The number of anilines is 1. The highest BCUT2D eigenvalue weighted by atomic mass is 32.1. The maximum absolute atomic E-state index is 10.6. The largest absolute Gasteiger partial charge is 0.507 e. The normalized spacial score (nSPS) is 10.5. The Morgan fingerprint density at radius 1 is 1.54 bits per heavy atom. The van der Waals surface area contributed by atoms with Crippen molar-refractivity contribution in [3.8, 4) is 5.75 Å². The standard InChI is InChI=1S/C9H7NO2S/c10-8-5(4-11)3-7(12)6-1-2-13-9(6)8/h1-4,12H,10H2. The molecule has 2 aromatic rings. The minimum atomic E-state index is 0.104. The number of phenols is 1. The number of aldehydes is 1. The molecule has 1 aromatic carbocycles. The van der Waals surface area contributed by atoms with Gasteiger partial charge in [-0.1, -0.05) is 0 Å². The number of phenolic OH excluding ortho intramolecular Hbond substituents is 1. The summed E-state index contributed by atoms with van der Waals surface area (Å²) in [6, 6.07) is 3.16. The number of hydrogen-bond acceptors (Lipinski definition) is 4. The van der Waals surface area contributed by atoms with E-state index in [1.165, 1.54) is 17.4 Å². The van der Waals surface area contributed by atoms with Gasteiger partial charge < -0.3 is 10.8 Å². The van der Waals surface area contributed by atoms with E-state index in [4.69, 9.17) is 5.73 Å². The Hall–Kier alpha value is -1.55. The minimum absolute atomic E-state index is 0.104. The quantitative estimate of drug-likeness (QED) is 0.413. The van der Waals surface area contributed by atoms with Crippen LogP contribution in [0.3, 0.4) is 0 Å². The van der Waals surface area contributed by atoms with Crippen LogP contribution in [0.4, 0.5) is 5.69 Å². The van der Waals surface area contributed by atoms with Gasteiger partial charge in [0, 0.05) is 10.9 Å². The second kappa shape index (κ2) is 2.74. The highest BCUT2D eigenvalue weighted by molar-refractivity contribution is 7.18. The molecule has 0 spiro atoms. The lowest BCUT2D eigenvalue weighted by molar-refractivity contribution is 0.112. The predicted molar refractivity (Wildman–Crippen MR) is 53.3 cm³/mol. The zero-order valence-corrected chi connectivity index (χ0v) is 7.47. The van der Waals surface area contributed by atoms with E-state index >= 15 is 0 Å². The molecule has 3 nitrogen and oxygen atoms in total. The molecule has 0 atom stereocenters. The molecule has 0 amide bonds. The van der Waals surface area contributed by atoms with Crippen LogP contribution < -0.4 is 5.73 Å². The number of carbonyl (C=O) groups excluding carboxylic acids is 1. The summed E-state index contributed by atoms with van der Waals surface area (Å²) < 4.78 is 0.766. The lowest BCUT2D eigenvalue weighted by Gasteiger charge is -2.01. The van der Waals surface area contributed by atoms with Gasteiger partial charge in [0.15, 0.2) is 6.29 Å².